The Morgan fingerprint density at radius 3 is 1.85 bits per heavy atom. The number of esters is 2. The first-order valence-corrected chi connectivity index (χ1v) is 18.4. The van der Waals surface area contributed by atoms with Crippen molar-refractivity contribution in [3.63, 3.8) is 0 Å². The number of rotatable bonds is 29. The van der Waals surface area contributed by atoms with Gasteiger partial charge < -0.3 is 39.4 Å². The summed E-state index contributed by atoms with van der Waals surface area (Å²) in [6.07, 6.45) is 20.5. The van der Waals surface area contributed by atoms with E-state index < -0.39 is 49.4 Å². The van der Waals surface area contributed by atoms with E-state index in [1.807, 2.05) is 0 Å². The lowest BCUT2D eigenvalue weighted by atomic mass is 9.99. The number of carbonyl (C=O) groups is 2. The molecule has 1 rings (SSSR count). The predicted octanol–water partition coefficient (Wildman–Crippen LogP) is 6.21. The predicted molar refractivity (Wildman–Crippen MR) is 183 cm³/mol. The number of aliphatic hydroxyl groups excluding tert-OH is 4. The average Bonchev–Trinajstić information content (AvgIpc) is 3.06. The highest BCUT2D eigenvalue weighted by Gasteiger charge is 2.44. The minimum atomic E-state index is -1.59. The fraction of sp³-hybridized carbons (Fsp3) is 0.838. The minimum absolute atomic E-state index is 0.215. The summed E-state index contributed by atoms with van der Waals surface area (Å²) in [5.41, 5.74) is 0. The first kappa shape index (κ1) is 43.2. The molecule has 0 aromatic rings. The van der Waals surface area contributed by atoms with Gasteiger partial charge in [0.05, 0.1) is 13.2 Å². The molecule has 1 aliphatic rings. The Morgan fingerprint density at radius 1 is 0.660 bits per heavy atom. The molecular weight excluding hydrogens is 604 g/mol. The van der Waals surface area contributed by atoms with Gasteiger partial charge in [-0.2, -0.15) is 0 Å². The Bertz CT molecular complexity index is 830. The van der Waals surface area contributed by atoms with Gasteiger partial charge in [0.2, 0.25) is 0 Å². The number of carbonyl (C=O) groups excluding carboxylic acids is 2. The molecule has 0 amide bonds. The Balaban J connectivity index is 2.43. The van der Waals surface area contributed by atoms with Crippen LogP contribution in [0.15, 0.2) is 24.3 Å². The molecule has 0 aromatic heterocycles. The maximum Gasteiger partial charge on any atom is 0.306 e. The second-order valence-electron chi connectivity index (χ2n) is 12.7. The van der Waals surface area contributed by atoms with Crippen LogP contribution in [0.3, 0.4) is 0 Å². The van der Waals surface area contributed by atoms with Gasteiger partial charge in [-0.05, 0) is 38.5 Å². The second-order valence-corrected chi connectivity index (χ2v) is 12.7. The zero-order valence-corrected chi connectivity index (χ0v) is 29.3. The van der Waals surface area contributed by atoms with E-state index in [4.69, 9.17) is 18.9 Å². The highest BCUT2D eigenvalue weighted by atomic mass is 16.7. The topological polar surface area (TPSA) is 152 Å². The monoisotopic (exact) mass is 670 g/mol. The molecule has 0 aromatic carbocycles. The van der Waals surface area contributed by atoms with Gasteiger partial charge >= 0.3 is 11.9 Å². The normalized spacial score (nSPS) is 22.2. The van der Waals surface area contributed by atoms with Crippen molar-refractivity contribution in [3.8, 4) is 0 Å². The molecule has 0 spiro atoms. The molecule has 6 atom stereocenters. The van der Waals surface area contributed by atoms with E-state index in [0.717, 1.165) is 64.2 Å². The van der Waals surface area contributed by atoms with Crippen molar-refractivity contribution in [2.45, 2.75) is 179 Å². The van der Waals surface area contributed by atoms with Crippen LogP contribution < -0.4 is 0 Å². The second kappa shape index (κ2) is 29.1. The Hall–Kier alpha value is -1.82. The third-order valence-electron chi connectivity index (χ3n) is 8.32. The molecule has 1 fully saturated rings. The van der Waals surface area contributed by atoms with Crippen LogP contribution in [0.1, 0.15) is 142 Å². The third kappa shape index (κ3) is 21.7. The van der Waals surface area contributed by atoms with Crippen LogP contribution in [-0.4, -0.2) is 89.0 Å². The number of unbranched alkanes of at least 4 members (excludes halogenated alkanes) is 14. The lowest BCUT2D eigenvalue weighted by molar-refractivity contribution is -0.305. The SMILES string of the molecule is CCC/C=C\C/C=C\CCCCCCCC(=O)OC(COC(=O)CCCCCCCCCCC)COC1OC(CO)C(O)C(O)C1O. The fourth-order valence-corrected chi connectivity index (χ4v) is 5.34. The van der Waals surface area contributed by atoms with Crippen LogP contribution in [-0.2, 0) is 28.5 Å². The smallest absolute Gasteiger partial charge is 0.306 e. The summed E-state index contributed by atoms with van der Waals surface area (Å²) in [6.45, 7) is 3.29. The first-order chi connectivity index (χ1) is 22.8. The van der Waals surface area contributed by atoms with E-state index in [9.17, 15) is 30.0 Å². The van der Waals surface area contributed by atoms with Gasteiger partial charge in [0.1, 0.15) is 31.0 Å². The summed E-state index contributed by atoms with van der Waals surface area (Å²) in [7, 11) is 0. The Morgan fingerprint density at radius 2 is 1.23 bits per heavy atom. The quantitative estimate of drug-likeness (QED) is 0.0411. The summed E-state index contributed by atoms with van der Waals surface area (Å²) >= 11 is 0. The summed E-state index contributed by atoms with van der Waals surface area (Å²) in [5.74, 6) is -0.828. The number of allylic oxidation sites excluding steroid dienone is 4. The lowest BCUT2D eigenvalue weighted by Gasteiger charge is -2.39. The standard InChI is InChI=1S/C37H66O10/c1-3-5-7-9-11-13-14-15-16-18-20-22-24-26-33(40)46-30(29-45-37-36(43)35(42)34(41)31(27-38)47-37)28-44-32(39)25-23-21-19-17-12-10-8-6-4-2/h7,9,13-14,30-31,34-38,41-43H,3-6,8,10-12,15-29H2,1-2H3/b9-7-,14-13-. The van der Waals surface area contributed by atoms with E-state index in [0.29, 0.717) is 6.42 Å². The molecule has 47 heavy (non-hydrogen) atoms. The lowest BCUT2D eigenvalue weighted by Crippen LogP contribution is -2.59. The number of ether oxygens (including phenoxy) is 4. The van der Waals surface area contributed by atoms with Gasteiger partial charge in [0.25, 0.3) is 0 Å². The maximum absolute atomic E-state index is 12.6. The summed E-state index contributed by atoms with van der Waals surface area (Å²) in [5, 5.41) is 39.8. The van der Waals surface area contributed by atoms with Crippen molar-refractivity contribution < 1.29 is 49.0 Å². The molecule has 1 aliphatic heterocycles. The molecule has 0 radical (unpaired) electrons. The third-order valence-corrected chi connectivity index (χ3v) is 8.32. The van der Waals surface area contributed by atoms with Crippen molar-refractivity contribution in [3.05, 3.63) is 24.3 Å². The molecule has 4 N–H and O–H groups in total. The summed E-state index contributed by atoms with van der Waals surface area (Å²) in [4.78, 5) is 25.0. The van der Waals surface area contributed by atoms with Gasteiger partial charge in [0.15, 0.2) is 12.4 Å². The van der Waals surface area contributed by atoms with Crippen molar-refractivity contribution in [2.75, 3.05) is 19.8 Å². The highest BCUT2D eigenvalue weighted by molar-refractivity contribution is 5.70. The molecular formula is C37H66O10. The molecule has 6 unspecified atom stereocenters. The van der Waals surface area contributed by atoms with Gasteiger partial charge in [0, 0.05) is 12.8 Å². The highest BCUT2D eigenvalue weighted by Crippen LogP contribution is 2.22. The maximum atomic E-state index is 12.6. The van der Waals surface area contributed by atoms with E-state index >= 15 is 0 Å². The summed E-state index contributed by atoms with van der Waals surface area (Å²) in [6, 6.07) is 0. The van der Waals surface area contributed by atoms with Crippen LogP contribution in [0.4, 0.5) is 0 Å². The fourth-order valence-electron chi connectivity index (χ4n) is 5.34. The average molecular weight is 671 g/mol. The number of hydrogen-bond acceptors (Lipinski definition) is 10. The number of hydrogen-bond donors (Lipinski definition) is 4. The molecule has 10 heteroatoms. The zero-order valence-electron chi connectivity index (χ0n) is 29.3. The molecule has 274 valence electrons. The molecule has 10 nitrogen and oxygen atoms in total. The molecule has 0 saturated carbocycles. The van der Waals surface area contributed by atoms with Crippen molar-refractivity contribution >= 4 is 11.9 Å². The Kier molecular flexibility index (Phi) is 26.8. The van der Waals surface area contributed by atoms with Crippen molar-refractivity contribution in [1.82, 2.24) is 0 Å². The van der Waals surface area contributed by atoms with E-state index in [1.165, 1.54) is 44.9 Å². The van der Waals surface area contributed by atoms with Crippen molar-refractivity contribution in [1.29, 1.82) is 0 Å². The van der Waals surface area contributed by atoms with Crippen LogP contribution in [0.5, 0.6) is 0 Å². The number of aliphatic hydroxyl groups is 4. The molecule has 1 saturated heterocycles. The first-order valence-electron chi connectivity index (χ1n) is 18.4. The molecule has 0 bridgehead atoms. The summed E-state index contributed by atoms with van der Waals surface area (Å²) < 4.78 is 22.0. The largest absolute Gasteiger partial charge is 0.462 e. The van der Waals surface area contributed by atoms with E-state index in [1.54, 1.807) is 0 Å². The van der Waals surface area contributed by atoms with Crippen LogP contribution in [0.2, 0.25) is 0 Å². The molecule has 1 heterocycles. The van der Waals surface area contributed by atoms with Crippen molar-refractivity contribution in [2.24, 2.45) is 0 Å². The Labute approximate surface area is 283 Å². The van der Waals surface area contributed by atoms with Gasteiger partial charge in [-0.15, -0.1) is 0 Å². The minimum Gasteiger partial charge on any atom is -0.462 e. The molecule has 0 aliphatic carbocycles. The van der Waals surface area contributed by atoms with Gasteiger partial charge in [-0.3, -0.25) is 9.59 Å². The van der Waals surface area contributed by atoms with Gasteiger partial charge in [-0.1, -0.05) is 115 Å². The zero-order chi connectivity index (χ0) is 34.5. The van der Waals surface area contributed by atoms with Gasteiger partial charge in [-0.25, -0.2) is 0 Å². The van der Waals surface area contributed by atoms with Crippen LogP contribution >= 0.6 is 0 Å². The van der Waals surface area contributed by atoms with Crippen LogP contribution in [0, 0.1) is 0 Å². The van der Waals surface area contributed by atoms with Crippen LogP contribution in [0.25, 0.3) is 0 Å². The van der Waals surface area contributed by atoms with E-state index in [-0.39, 0.29) is 32.0 Å². The van der Waals surface area contributed by atoms with E-state index in [2.05, 4.69) is 38.2 Å².